The van der Waals surface area contributed by atoms with Gasteiger partial charge in [0.15, 0.2) is 0 Å². The first-order valence-electron chi connectivity index (χ1n) is 6.69. The van der Waals surface area contributed by atoms with Crippen molar-refractivity contribution >= 4 is 6.09 Å². The number of hydrogen-bond donors (Lipinski definition) is 1. The molecule has 0 saturated carbocycles. The summed E-state index contributed by atoms with van der Waals surface area (Å²) in [5, 5.41) is 0. The van der Waals surface area contributed by atoms with Gasteiger partial charge in [-0.15, -0.1) is 0 Å². The number of nitrogens with two attached hydrogens (primary N) is 1. The predicted molar refractivity (Wildman–Crippen MR) is 70.3 cm³/mol. The standard InChI is InChI=1S/C13H25N3O2/c1-10-13(7-15(10)6-5-14)8-16(9-13)11(17)18-12(2,3)4/h10H,5-9,14H2,1-4H3. The Morgan fingerprint density at radius 3 is 2.44 bits per heavy atom. The zero-order valence-corrected chi connectivity index (χ0v) is 11.9. The van der Waals surface area contributed by atoms with Crippen LogP contribution < -0.4 is 5.73 Å². The lowest BCUT2D eigenvalue weighted by Crippen LogP contribution is -2.77. The molecular formula is C13H25N3O2. The molecule has 1 unspecified atom stereocenters. The topological polar surface area (TPSA) is 58.8 Å². The summed E-state index contributed by atoms with van der Waals surface area (Å²) in [6.45, 7) is 12.3. The minimum atomic E-state index is -0.406. The first-order valence-corrected chi connectivity index (χ1v) is 6.69. The van der Waals surface area contributed by atoms with E-state index in [4.69, 9.17) is 10.5 Å². The van der Waals surface area contributed by atoms with Crippen LogP contribution in [0.1, 0.15) is 27.7 Å². The third-order valence-corrected chi connectivity index (χ3v) is 4.03. The molecule has 0 radical (unpaired) electrons. The van der Waals surface area contributed by atoms with Gasteiger partial charge in [0.05, 0.1) is 0 Å². The zero-order valence-electron chi connectivity index (χ0n) is 11.9. The van der Waals surface area contributed by atoms with Crippen molar-refractivity contribution in [1.29, 1.82) is 0 Å². The maximum Gasteiger partial charge on any atom is 0.410 e. The zero-order chi connectivity index (χ0) is 13.6. The maximum absolute atomic E-state index is 11.9. The molecule has 2 saturated heterocycles. The van der Waals surface area contributed by atoms with Crippen LogP contribution in [0.4, 0.5) is 4.79 Å². The molecule has 18 heavy (non-hydrogen) atoms. The summed E-state index contributed by atoms with van der Waals surface area (Å²) in [7, 11) is 0. The van der Waals surface area contributed by atoms with Crippen LogP contribution in [0.15, 0.2) is 0 Å². The molecule has 0 aromatic carbocycles. The molecule has 2 aliphatic heterocycles. The summed E-state index contributed by atoms with van der Waals surface area (Å²) in [5.41, 5.74) is 5.46. The first-order chi connectivity index (χ1) is 8.27. The van der Waals surface area contributed by atoms with Crippen molar-refractivity contribution in [2.45, 2.75) is 39.3 Å². The fourth-order valence-electron chi connectivity index (χ4n) is 2.92. The van der Waals surface area contributed by atoms with Gasteiger partial charge in [0.25, 0.3) is 0 Å². The number of nitrogens with zero attached hydrogens (tertiary/aromatic N) is 2. The molecule has 2 heterocycles. The number of hydrogen-bond acceptors (Lipinski definition) is 4. The number of carbonyl (C=O) groups is 1. The monoisotopic (exact) mass is 255 g/mol. The van der Waals surface area contributed by atoms with Crippen LogP contribution in [-0.2, 0) is 4.74 Å². The van der Waals surface area contributed by atoms with E-state index in [1.807, 2.05) is 25.7 Å². The largest absolute Gasteiger partial charge is 0.444 e. The summed E-state index contributed by atoms with van der Waals surface area (Å²) in [6.07, 6.45) is -0.183. The van der Waals surface area contributed by atoms with Crippen molar-refractivity contribution in [1.82, 2.24) is 9.80 Å². The third-order valence-electron chi connectivity index (χ3n) is 4.03. The summed E-state index contributed by atoms with van der Waals surface area (Å²) in [6, 6.07) is 0.528. The van der Waals surface area contributed by atoms with Crippen molar-refractivity contribution in [2.24, 2.45) is 11.1 Å². The van der Waals surface area contributed by atoms with Crippen molar-refractivity contribution in [2.75, 3.05) is 32.7 Å². The first kappa shape index (κ1) is 13.6. The molecule has 0 aromatic heterocycles. The average molecular weight is 255 g/mol. The van der Waals surface area contributed by atoms with E-state index in [1.165, 1.54) is 0 Å². The molecule has 2 N–H and O–H groups in total. The van der Waals surface area contributed by atoms with Gasteiger partial charge in [-0.1, -0.05) is 0 Å². The number of amides is 1. The van der Waals surface area contributed by atoms with E-state index in [2.05, 4.69) is 11.8 Å². The second-order valence-electron chi connectivity index (χ2n) is 6.63. The van der Waals surface area contributed by atoms with Crippen molar-refractivity contribution in [3.63, 3.8) is 0 Å². The summed E-state index contributed by atoms with van der Waals surface area (Å²) >= 11 is 0. The molecule has 5 nitrogen and oxygen atoms in total. The smallest absolute Gasteiger partial charge is 0.410 e. The highest BCUT2D eigenvalue weighted by Gasteiger charge is 2.58. The van der Waals surface area contributed by atoms with Crippen LogP contribution in [0.5, 0.6) is 0 Å². The summed E-state index contributed by atoms with van der Waals surface area (Å²) < 4.78 is 5.37. The fraction of sp³-hybridized carbons (Fsp3) is 0.923. The van der Waals surface area contributed by atoms with Gasteiger partial charge < -0.3 is 15.4 Å². The Kier molecular flexibility index (Phi) is 3.32. The Morgan fingerprint density at radius 2 is 2.00 bits per heavy atom. The second kappa shape index (κ2) is 4.38. The van der Waals surface area contributed by atoms with E-state index < -0.39 is 5.60 Å². The van der Waals surface area contributed by atoms with Crippen LogP contribution in [0.25, 0.3) is 0 Å². The van der Waals surface area contributed by atoms with Crippen LogP contribution in [-0.4, -0.2) is 60.3 Å². The Morgan fingerprint density at radius 1 is 1.39 bits per heavy atom. The normalized spacial score (nSPS) is 26.7. The Hall–Kier alpha value is -0.810. The molecule has 1 spiro atoms. The van der Waals surface area contributed by atoms with Gasteiger partial charge in [0.2, 0.25) is 0 Å². The molecular weight excluding hydrogens is 230 g/mol. The highest BCUT2D eigenvalue weighted by atomic mass is 16.6. The molecule has 5 heteroatoms. The van der Waals surface area contributed by atoms with Gasteiger partial charge in [-0.3, -0.25) is 4.90 Å². The van der Waals surface area contributed by atoms with Crippen LogP contribution in [0, 0.1) is 5.41 Å². The van der Waals surface area contributed by atoms with E-state index in [0.717, 1.165) is 26.2 Å². The molecule has 2 rings (SSSR count). The van der Waals surface area contributed by atoms with Gasteiger partial charge >= 0.3 is 6.09 Å². The van der Waals surface area contributed by atoms with E-state index in [0.29, 0.717) is 18.0 Å². The molecule has 0 aromatic rings. The summed E-state index contributed by atoms with van der Waals surface area (Å²) in [4.78, 5) is 16.0. The maximum atomic E-state index is 11.9. The summed E-state index contributed by atoms with van der Waals surface area (Å²) in [5.74, 6) is 0. The van der Waals surface area contributed by atoms with Crippen LogP contribution in [0.2, 0.25) is 0 Å². The Bertz CT molecular complexity index is 332. The third kappa shape index (κ3) is 2.34. The molecule has 1 amide bonds. The van der Waals surface area contributed by atoms with Gasteiger partial charge in [-0.05, 0) is 27.7 Å². The van der Waals surface area contributed by atoms with Crippen molar-refractivity contribution < 1.29 is 9.53 Å². The van der Waals surface area contributed by atoms with Crippen molar-refractivity contribution in [3.8, 4) is 0 Å². The molecule has 2 aliphatic rings. The van der Waals surface area contributed by atoms with Crippen LogP contribution >= 0.6 is 0 Å². The predicted octanol–water partition coefficient (Wildman–Crippen LogP) is 0.886. The Balaban J connectivity index is 1.79. The molecule has 2 fully saturated rings. The lowest BCUT2D eigenvalue weighted by molar-refractivity contribution is -0.151. The van der Waals surface area contributed by atoms with E-state index in [-0.39, 0.29) is 6.09 Å². The lowest BCUT2D eigenvalue weighted by atomic mass is 9.66. The highest BCUT2D eigenvalue weighted by Crippen LogP contribution is 2.45. The molecule has 0 aliphatic carbocycles. The fourth-order valence-corrected chi connectivity index (χ4v) is 2.92. The molecule has 0 bridgehead atoms. The average Bonchev–Trinajstić information content (AvgIpc) is 2.17. The number of carbonyl (C=O) groups excluding carboxylic acids is 1. The van der Waals surface area contributed by atoms with Gasteiger partial charge in [0, 0.05) is 44.2 Å². The minimum Gasteiger partial charge on any atom is -0.444 e. The number of likely N-dealkylation sites (tertiary alicyclic amines) is 2. The lowest BCUT2D eigenvalue weighted by Gasteiger charge is -2.64. The van der Waals surface area contributed by atoms with Gasteiger partial charge in [-0.2, -0.15) is 0 Å². The Labute approximate surface area is 109 Å². The van der Waals surface area contributed by atoms with E-state index >= 15 is 0 Å². The number of ether oxygens (including phenoxy) is 1. The quantitative estimate of drug-likeness (QED) is 0.796. The van der Waals surface area contributed by atoms with Crippen LogP contribution in [0.3, 0.4) is 0 Å². The van der Waals surface area contributed by atoms with Crippen molar-refractivity contribution in [3.05, 3.63) is 0 Å². The SMILES string of the molecule is CC1N(CCN)CC12CN(C(=O)OC(C)(C)C)C2. The minimum absolute atomic E-state index is 0.183. The van der Waals surface area contributed by atoms with E-state index in [1.54, 1.807) is 0 Å². The highest BCUT2D eigenvalue weighted by molar-refractivity contribution is 5.69. The second-order valence-corrected chi connectivity index (χ2v) is 6.63. The molecule has 104 valence electrons. The van der Waals surface area contributed by atoms with E-state index in [9.17, 15) is 4.79 Å². The van der Waals surface area contributed by atoms with Gasteiger partial charge in [0.1, 0.15) is 5.60 Å². The molecule has 1 atom stereocenters. The number of rotatable bonds is 2. The van der Waals surface area contributed by atoms with Gasteiger partial charge in [-0.25, -0.2) is 4.79 Å².